The molecule has 0 bridgehead atoms. The molecule has 182 valence electrons. The van der Waals surface area contributed by atoms with Gasteiger partial charge in [-0.25, -0.2) is 22.9 Å². The van der Waals surface area contributed by atoms with Crippen LogP contribution in [0.1, 0.15) is 16.8 Å². The number of carbonyl (C=O) groups is 1. The highest BCUT2D eigenvalue weighted by Gasteiger charge is 2.34. The van der Waals surface area contributed by atoms with Crippen molar-refractivity contribution in [3.05, 3.63) is 77.2 Å². The molecule has 0 unspecified atom stereocenters. The Morgan fingerprint density at radius 1 is 1.11 bits per heavy atom. The van der Waals surface area contributed by atoms with Gasteiger partial charge in [0, 0.05) is 12.1 Å². The summed E-state index contributed by atoms with van der Waals surface area (Å²) in [6.45, 7) is 0.0201. The molecule has 3 N–H and O–H groups in total. The van der Waals surface area contributed by atoms with Crippen LogP contribution in [0.3, 0.4) is 0 Å². The van der Waals surface area contributed by atoms with Crippen LogP contribution < -0.4 is 10.5 Å². The number of primary sulfonamides is 1. The number of carbonyl (C=O) groups excluding carboxylic acids is 1. The molecule has 1 aromatic heterocycles. The molecule has 13 heteroatoms. The first-order chi connectivity index (χ1) is 16.4. The third-order valence-corrected chi connectivity index (χ3v) is 6.53. The Bertz CT molecular complexity index is 1390. The van der Waals surface area contributed by atoms with Crippen LogP contribution in [0.15, 0.2) is 64.5 Å². The van der Waals surface area contributed by atoms with Crippen molar-refractivity contribution in [2.24, 2.45) is 5.14 Å². The van der Waals surface area contributed by atoms with Gasteiger partial charge in [-0.15, -0.1) is 0 Å². The van der Waals surface area contributed by atoms with Gasteiger partial charge >= 0.3 is 6.18 Å². The smallest absolute Gasteiger partial charge is 0.351 e. The van der Waals surface area contributed by atoms with E-state index in [-0.39, 0.29) is 38.9 Å². The number of nitrogens with zero attached hydrogens (tertiary/aromatic N) is 2. The molecule has 0 fully saturated rings. The molecule has 0 atom stereocenters. The number of nitrogens with two attached hydrogens (primary N) is 1. The molecule has 1 amide bonds. The van der Waals surface area contributed by atoms with Gasteiger partial charge in [-0.2, -0.15) is 18.4 Å². The summed E-state index contributed by atoms with van der Waals surface area (Å²) in [4.78, 5) is 15.7. The van der Waals surface area contributed by atoms with Gasteiger partial charge in [0.2, 0.25) is 15.9 Å². The summed E-state index contributed by atoms with van der Waals surface area (Å²) in [5.74, 6) is -1.50. The van der Waals surface area contributed by atoms with E-state index in [1.54, 1.807) is 0 Å². The van der Waals surface area contributed by atoms with Gasteiger partial charge in [-0.1, -0.05) is 36.0 Å². The summed E-state index contributed by atoms with van der Waals surface area (Å²) < 4.78 is 76.1. The molecular formula is C22H16F4N4O3S2. The first-order valence-corrected chi connectivity index (χ1v) is 12.2. The number of benzene rings is 2. The van der Waals surface area contributed by atoms with E-state index in [2.05, 4.69) is 10.3 Å². The van der Waals surface area contributed by atoms with E-state index < -0.39 is 33.6 Å². The number of nitriles is 1. The lowest BCUT2D eigenvalue weighted by atomic mass is 10.0. The Morgan fingerprint density at radius 3 is 2.29 bits per heavy atom. The molecule has 0 aliphatic rings. The van der Waals surface area contributed by atoms with Gasteiger partial charge in [0.25, 0.3) is 0 Å². The van der Waals surface area contributed by atoms with Gasteiger partial charge in [-0.3, -0.25) is 4.79 Å². The summed E-state index contributed by atoms with van der Waals surface area (Å²) >= 11 is 0.647. The molecule has 0 saturated heterocycles. The zero-order valence-corrected chi connectivity index (χ0v) is 19.3. The number of halogens is 4. The average Bonchev–Trinajstić information content (AvgIpc) is 2.80. The number of sulfonamides is 1. The van der Waals surface area contributed by atoms with E-state index in [1.807, 2.05) is 6.07 Å². The lowest BCUT2D eigenvalue weighted by Crippen LogP contribution is -2.24. The van der Waals surface area contributed by atoms with Crippen molar-refractivity contribution in [1.29, 1.82) is 5.26 Å². The van der Waals surface area contributed by atoms with Gasteiger partial charge in [-0.05, 0) is 41.5 Å². The highest BCUT2D eigenvalue weighted by Crippen LogP contribution is 2.36. The normalized spacial score (nSPS) is 11.7. The fourth-order valence-corrected chi connectivity index (χ4v) is 4.27. The Labute approximate surface area is 202 Å². The Kier molecular flexibility index (Phi) is 7.79. The maximum absolute atomic E-state index is 13.4. The highest BCUT2D eigenvalue weighted by atomic mass is 32.2. The number of thioether (sulfide) groups is 1. The standard InChI is InChI=1S/C22H16F4N4O3S2/c23-15-5-3-14(4-6-15)17-9-19(22(24,25)26)30-21(18(17)10-27)34-12-20(31)29-11-13-1-7-16(8-2-13)35(28,32)33/h1-9H,11-12H2,(H,29,31)(H2,28,32,33). The van der Waals surface area contributed by atoms with Crippen LogP contribution in [-0.2, 0) is 27.5 Å². The SMILES string of the molecule is N#Cc1c(-c2ccc(F)cc2)cc(C(F)(F)F)nc1SCC(=O)NCc1ccc(S(N)(=O)=O)cc1. The predicted octanol–water partition coefficient (Wildman–Crippen LogP) is 3.83. The van der Waals surface area contributed by atoms with Gasteiger partial charge in [0.05, 0.1) is 16.2 Å². The number of pyridine rings is 1. The van der Waals surface area contributed by atoms with Crippen LogP contribution in [0, 0.1) is 17.1 Å². The summed E-state index contributed by atoms with van der Waals surface area (Å²) in [6, 6.07) is 12.6. The van der Waals surface area contributed by atoms with Crippen LogP contribution in [0.5, 0.6) is 0 Å². The molecule has 0 spiro atoms. The van der Waals surface area contributed by atoms with E-state index in [0.717, 1.165) is 12.1 Å². The van der Waals surface area contributed by atoms with E-state index in [9.17, 15) is 36.0 Å². The maximum Gasteiger partial charge on any atom is 0.433 e. The fraction of sp³-hybridized carbons (Fsp3) is 0.136. The summed E-state index contributed by atoms with van der Waals surface area (Å²) in [5, 5.41) is 16.9. The average molecular weight is 525 g/mol. The third kappa shape index (κ3) is 6.78. The van der Waals surface area contributed by atoms with Gasteiger partial charge < -0.3 is 5.32 Å². The summed E-state index contributed by atoms with van der Waals surface area (Å²) in [6.07, 6.45) is -4.82. The van der Waals surface area contributed by atoms with Crippen molar-refractivity contribution < 1.29 is 30.8 Å². The van der Waals surface area contributed by atoms with Crippen LogP contribution in [0.25, 0.3) is 11.1 Å². The lowest BCUT2D eigenvalue weighted by Gasteiger charge is -2.14. The van der Waals surface area contributed by atoms with Gasteiger partial charge in [0.1, 0.15) is 22.6 Å². The summed E-state index contributed by atoms with van der Waals surface area (Å²) in [5.41, 5.74) is -0.781. The van der Waals surface area contributed by atoms with Crippen molar-refractivity contribution in [2.45, 2.75) is 22.6 Å². The van der Waals surface area contributed by atoms with Crippen LogP contribution >= 0.6 is 11.8 Å². The Morgan fingerprint density at radius 2 is 1.74 bits per heavy atom. The molecule has 0 aliphatic carbocycles. The van der Waals surface area contributed by atoms with Gasteiger partial charge in [0.15, 0.2) is 0 Å². The number of alkyl halides is 3. The van der Waals surface area contributed by atoms with Crippen LogP contribution in [-0.4, -0.2) is 25.1 Å². The highest BCUT2D eigenvalue weighted by molar-refractivity contribution is 8.00. The predicted molar refractivity (Wildman–Crippen MR) is 120 cm³/mol. The van der Waals surface area contributed by atoms with Crippen molar-refractivity contribution in [3.63, 3.8) is 0 Å². The Balaban J connectivity index is 1.78. The molecular weight excluding hydrogens is 508 g/mol. The number of rotatable bonds is 7. The lowest BCUT2D eigenvalue weighted by molar-refractivity contribution is -0.141. The second-order valence-corrected chi connectivity index (χ2v) is 9.63. The molecule has 2 aromatic carbocycles. The summed E-state index contributed by atoms with van der Waals surface area (Å²) in [7, 11) is -3.86. The number of hydrogen-bond acceptors (Lipinski definition) is 6. The minimum atomic E-state index is -4.82. The van der Waals surface area contributed by atoms with E-state index in [0.29, 0.717) is 23.4 Å². The zero-order valence-electron chi connectivity index (χ0n) is 17.6. The molecule has 3 rings (SSSR count). The molecule has 1 heterocycles. The zero-order chi connectivity index (χ0) is 25.8. The van der Waals surface area contributed by atoms with E-state index in [4.69, 9.17) is 5.14 Å². The molecule has 0 aliphatic heterocycles. The number of nitrogens with one attached hydrogen (secondary N) is 1. The first kappa shape index (κ1) is 26.1. The monoisotopic (exact) mass is 524 g/mol. The fourth-order valence-electron chi connectivity index (χ4n) is 2.92. The minimum absolute atomic E-state index is 0.0201. The molecule has 35 heavy (non-hydrogen) atoms. The van der Waals surface area contributed by atoms with Crippen molar-refractivity contribution in [1.82, 2.24) is 10.3 Å². The number of amides is 1. The van der Waals surface area contributed by atoms with Crippen molar-refractivity contribution in [2.75, 3.05) is 5.75 Å². The van der Waals surface area contributed by atoms with Crippen molar-refractivity contribution >= 4 is 27.7 Å². The quantitative estimate of drug-likeness (QED) is 0.357. The van der Waals surface area contributed by atoms with Crippen molar-refractivity contribution in [3.8, 4) is 17.2 Å². The second kappa shape index (κ2) is 10.4. The number of hydrogen-bond donors (Lipinski definition) is 2. The topological polar surface area (TPSA) is 126 Å². The molecule has 0 radical (unpaired) electrons. The van der Waals surface area contributed by atoms with E-state index >= 15 is 0 Å². The minimum Gasteiger partial charge on any atom is -0.351 e. The Hall–Kier alpha value is -3.47. The van der Waals surface area contributed by atoms with Crippen LogP contribution in [0.2, 0.25) is 0 Å². The first-order valence-electron chi connectivity index (χ1n) is 9.68. The molecule has 0 saturated carbocycles. The third-order valence-electron chi connectivity index (χ3n) is 4.63. The second-order valence-electron chi connectivity index (χ2n) is 7.11. The maximum atomic E-state index is 13.4. The molecule has 3 aromatic rings. The van der Waals surface area contributed by atoms with E-state index in [1.165, 1.54) is 36.4 Å². The van der Waals surface area contributed by atoms with Crippen LogP contribution in [0.4, 0.5) is 17.6 Å². The molecule has 7 nitrogen and oxygen atoms in total. The largest absolute Gasteiger partial charge is 0.433 e. The number of aromatic nitrogens is 1.